The fraction of sp³-hybridized carbons (Fsp3) is 0.688. The highest BCUT2D eigenvalue weighted by atomic mass is 16.3. The Kier molecular flexibility index (Phi) is 5.21. The number of aromatic nitrogens is 2. The maximum atomic E-state index is 12.4. The Hall–Kier alpha value is -1.73. The molecule has 128 valence electrons. The molecule has 1 aliphatic rings. The zero-order chi connectivity index (χ0) is 17.2. The third-order valence-corrected chi connectivity index (χ3v) is 4.27. The highest BCUT2D eigenvalue weighted by molar-refractivity contribution is 5.92. The molecule has 0 bridgehead atoms. The summed E-state index contributed by atoms with van der Waals surface area (Å²) in [7, 11) is 1.53. The number of aryl methyl sites for hydroxylation is 1. The van der Waals surface area contributed by atoms with E-state index < -0.39 is 6.10 Å². The Bertz CT molecular complexity index is 612. The molecule has 1 atom stereocenters. The summed E-state index contributed by atoms with van der Waals surface area (Å²) in [6.07, 6.45) is -0.393. The number of carbonyl (C=O) groups excluding carboxylic acids is 1. The summed E-state index contributed by atoms with van der Waals surface area (Å²) in [5, 5.41) is 14.2. The van der Waals surface area contributed by atoms with Crippen LogP contribution in [-0.2, 0) is 7.05 Å². The molecule has 0 radical (unpaired) electrons. The van der Waals surface area contributed by atoms with Crippen molar-refractivity contribution in [2.75, 3.05) is 32.7 Å². The number of β-amino-alcohol motifs (C(OH)–C–C–N with tert-alkyl or cyclic N) is 1. The summed E-state index contributed by atoms with van der Waals surface area (Å²) in [6, 6.07) is 2.83. The number of aliphatic hydroxyl groups excluding tert-OH is 1. The van der Waals surface area contributed by atoms with E-state index in [1.807, 2.05) is 20.8 Å². The Balaban J connectivity index is 1.92. The molecule has 1 N–H and O–H groups in total. The van der Waals surface area contributed by atoms with Crippen molar-refractivity contribution >= 4 is 5.91 Å². The Morgan fingerprint density at radius 3 is 2.39 bits per heavy atom. The van der Waals surface area contributed by atoms with Gasteiger partial charge in [-0.3, -0.25) is 14.5 Å². The van der Waals surface area contributed by atoms with Gasteiger partial charge in [0.1, 0.15) is 5.69 Å². The molecule has 0 aliphatic carbocycles. The van der Waals surface area contributed by atoms with E-state index in [1.54, 1.807) is 4.90 Å². The van der Waals surface area contributed by atoms with Crippen LogP contribution in [0, 0.1) is 5.41 Å². The molecule has 7 nitrogen and oxygen atoms in total. The van der Waals surface area contributed by atoms with Crippen molar-refractivity contribution < 1.29 is 9.90 Å². The van der Waals surface area contributed by atoms with Crippen LogP contribution in [0.15, 0.2) is 16.9 Å². The second-order valence-corrected chi connectivity index (χ2v) is 7.16. The minimum atomic E-state index is -0.393. The van der Waals surface area contributed by atoms with Crippen molar-refractivity contribution in [3.8, 4) is 0 Å². The minimum Gasteiger partial charge on any atom is -0.391 e. The van der Waals surface area contributed by atoms with E-state index in [-0.39, 0.29) is 22.6 Å². The molecule has 0 aromatic carbocycles. The Morgan fingerprint density at radius 1 is 1.26 bits per heavy atom. The normalized spacial score (nSPS) is 18.0. The number of nitrogens with zero attached hydrogens (tertiary/aromatic N) is 4. The van der Waals surface area contributed by atoms with Gasteiger partial charge in [-0.05, 0) is 11.5 Å². The number of aliphatic hydroxyl groups is 1. The number of hydrogen-bond acceptors (Lipinski definition) is 5. The van der Waals surface area contributed by atoms with Crippen LogP contribution in [0.25, 0.3) is 0 Å². The van der Waals surface area contributed by atoms with Crippen molar-refractivity contribution in [1.82, 2.24) is 19.6 Å². The summed E-state index contributed by atoms with van der Waals surface area (Å²) in [6.45, 7) is 9.31. The molecule has 1 saturated heterocycles. The summed E-state index contributed by atoms with van der Waals surface area (Å²) >= 11 is 0. The fourth-order valence-corrected chi connectivity index (χ4v) is 2.43. The molecule has 23 heavy (non-hydrogen) atoms. The van der Waals surface area contributed by atoms with Crippen molar-refractivity contribution in [1.29, 1.82) is 0 Å². The molecule has 1 aliphatic heterocycles. The predicted molar refractivity (Wildman–Crippen MR) is 87.3 cm³/mol. The Morgan fingerprint density at radius 2 is 1.87 bits per heavy atom. The van der Waals surface area contributed by atoms with Crippen LogP contribution in [-0.4, -0.2) is 69.4 Å². The zero-order valence-electron chi connectivity index (χ0n) is 14.3. The fourth-order valence-electron chi connectivity index (χ4n) is 2.43. The van der Waals surface area contributed by atoms with Gasteiger partial charge in [0.25, 0.3) is 11.5 Å². The van der Waals surface area contributed by atoms with Gasteiger partial charge >= 0.3 is 0 Å². The van der Waals surface area contributed by atoms with E-state index in [0.717, 1.165) is 13.1 Å². The predicted octanol–water partition coefficient (Wildman–Crippen LogP) is -0.0549. The molecule has 0 spiro atoms. The average molecular weight is 322 g/mol. The van der Waals surface area contributed by atoms with Crippen molar-refractivity contribution in [3.05, 3.63) is 28.2 Å². The average Bonchev–Trinajstić information content (AvgIpc) is 2.49. The van der Waals surface area contributed by atoms with E-state index in [2.05, 4.69) is 10.00 Å². The summed E-state index contributed by atoms with van der Waals surface area (Å²) in [5.41, 5.74) is -0.0936. The van der Waals surface area contributed by atoms with Gasteiger partial charge in [-0.25, -0.2) is 4.68 Å². The van der Waals surface area contributed by atoms with Crippen LogP contribution in [0.5, 0.6) is 0 Å². The first-order chi connectivity index (χ1) is 10.7. The van der Waals surface area contributed by atoms with Crippen molar-refractivity contribution in [3.63, 3.8) is 0 Å². The molecule has 0 saturated carbocycles. The largest absolute Gasteiger partial charge is 0.391 e. The number of carbonyl (C=O) groups is 1. The summed E-state index contributed by atoms with van der Waals surface area (Å²) < 4.78 is 1.17. The molecular formula is C16H26N4O3. The monoisotopic (exact) mass is 322 g/mol. The zero-order valence-corrected chi connectivity index (χ0v) is 14.3. The second kappa shape index (κ2) is 6.80. The van der Waals surface area contributed by atoms with Crippen LogP contribution in [0.3, 0.4) is 0 Å². The molecule has 7 heteroatoms. The summed E-state index contributed by atoms with van der Waals surface area (Å²) in [5.74, 6) is -0.156. The first kappa shape index (κ1) is 17.6. The number of amides is 1. The highest BCUT2D eigenvalue weighted by Crippen LogP contribution is 2.20. The molecule has 1 aromatic rings. The number of hydrogen-bond donors (Lipinski definition) is 1. The molecule has 2 rings (SSSR count). The lowest BCUT2D eigenvalue weighted by molar-refractivity contribution is 0.0135. The first-order valence-electron chi connectivity index (χ1n) is 7.92. The lowest BCUT2D eigenvalue weighted by Crippen LogP contribution is -2.52. The molecule has 2 heterocycles. The Labute approximate surface area is 136 Å². The van der Waals surface area contributed by atoms with Crippen LogP contribution >= 0.6 is 0 Å². The maximum absolute atomic E-state index is 12.4. The number of piperazine rings is 1. The molecule has 1 amide bonds. The topological polar surface area (TPSA) is 78.7 Å². The second-order valence-electron chi connectivity index (χ2n) is 7.16. The lowest BCUT2D eigenvalue weighted by Gasteiger charge is -2.37. The molecule has 1 aromatic heterocycles. The standard InChI is InChI=1S/C16H26N4O3/c1-16(2,3)13(21)11-19-7-9-20(10-8-19)15(23)12-5-6-14(22)18(4)17-12/h5-6,13,21H,7-11H2,1-4H3/t13-/m0/s1. The number of rotatable bonds is 3. The molecule has 1 fully saturated rings. The van der Waals surface area contributed by atoms with Gasteiger partial charge in [-0.2, -0.15) is 5.10 Å². The van der Waals surface area contributed by atoms with Gasteiger partial charge in [0.05, 0.1) is 6.10 Å². The lowest BCUT2D eigenvalue weighted by atomic mass is 9.89. The maximum Gasteiger partial charge on any atom is 0.274 e. The van der Waals surface area contributed by atoms with E-state index in [9.17, 15) is 14.7 Å². The first-order valence-corrected chi connectivity index (χ1v) is 7.92. The van der Waals surface area contributed by atoms with E-state index >= 15 is 0 Å². The minimum absolute atomic E-state index is 0.147. The van der Waals surface area contributed by atoms with Crippen LogP contribution < -0.4 is 5.56 Å². The quantitative estimate of drug-likeness (QED) is 0.844. The van der Waals surface area contributed by atoms with E-state index in [1.165, 1.54) is 23.9 Å². The van der Waals surface area contributed by atoms with Crippen molar-refractivity contribution in [2.24, 2.45) is 12.5 Å². The van der Waals surface area contributed by atoms with E-state index in [0.29, 0.717) is 19.6 Å². The van der Waals surface area contributed by atoms with Gasteiger partial charge in [-0.1, -0.05) is 20.8 Å². The van der Waals surface area contributed by atoms with Crippen LogP contribution in [0.4, 0.5) is 0 Å². The molecule has 0 unspecified atom stereocenters. The SMILES string of the molecule is Cn1nc(C(=O)N2CCN(C[C@H](O)C(C)(C)C)CC2)ccc1=O. The summed E-state index contributed by atoms with van der Waals surface area (Å²) in [4.78, 5) is 27.7. The van der Waals surface area contributed by atoms with Crippen LogP contribution in [0.1, 0.15) is 31.3 Å². The van der Waals surface area contributed by atoms with Gasteiger partial charge in [-0.15, -0.1) is 0 Å². The highest BCUT2D eigenvalue weighted by Gasteiger charge is 2.28. The van der Waals surface area contributed by atoms with E-state index in [4.69, 9.17) is 0 Å². The van der Waals surface area contributed by atoms with Gasteiger partial charge < -0.3 is 10.0 Å². The third-order valence-electron chi connectivity index (χ3n) is 4.27. The van der Waals surface area contributed by atoms with Crippen molar-refractivity contribution in [2.45, 2.75) is 26.9 Å². The van der Waals surface area contributed by atoms with Gasteiger partial charge in [0, 0.05) is 45.8 Å². The van der Waals surface area contributed by atoms with Gasteiger partial charge in [0.2, 0.25) is 0 Å². The van der Waals surface area contributed by atoms with Gasteiger partial charge in [0.15, 0.2) is 0 Å². The molecular weight excluding hydrogens is 296 g/mol. The third kappa shape index (κ3) is 4.39. The smallest absolute Gasteiger partial charge is 0.274 e. The van der Waals surface area contributed by atoms with Crippen LogP contribution in [0.2, 0.25) is 0 Å².